The van der Waals surface area contributed by atoms with Crippen LogP contribution in [0.3, 0.4) is 0 Å². The minimum atomic E-state index is 0.428. The summed E-state index contributed by atoms with van der Waals surface area (Å²) in [5, 5.41) is 0. The maximum atomic E-state index is 5.49. The van der Waals surface area contributed by atoms with Gasteiger partial charge in [0.2, 0.25) is 0 Å². The van der Waals surface area contributed by atoms with Gasteiger partial charge in [-0.1, -0.05) is 25.8 Å². The standard InChI is InChI=1S/C15H20N2S/c1-11-5-6-12-13(9-11)17(14(18)16-12)10-15(2)7-3-4-8-15/h5-6,9H,3-4,7-8,10H2,1-2H3,(H,16,18). The highest BCUT2D eigenvalue weighted by molar-refractivity contribution is 7.71. The van der Waals surface area contributed by atoms with Gasteiger partial charge >= 0.3 is 0 Å². The maximum Gasteiger partial charge on any atom is 0.178 e. The molecule has 0 saturated heterocycles. The predicted octanol–water partition coefficient (Wildman–Crippen LogP) is 4.59. The minimum absolute atomic E-state index is 0.428. The first-order valence-corrected chi connectivity index (χ1v) is 7.17. The number of imidazole rings is 1. The zero-order valence-corrected chi connectivity index (χ0v) is 11.9. The van der Waals surface area contributed by atoms with Gasteiger partial charge < -0.3 is 9.55 Å². The van der Waals surface area contributed by atoms with E-state index in [1.54, 1.807) is 0 Å². The summed E-state index contributed by atoms with van der Waals surface area (Å²) in [6.45, 7) is 5.59. The second kappa shape index (κ2) is 4.23. The van der Waals surface area contributed by atoms with Gasteiger partial charge in [0, 0.05) is 6.54 Å². The van der Waals surface area contributed by atoms with Crippen molar-refractivity contribution in [2.24, 2.45) is 5.41 Å². The number of rotatable bonds is 2. The molecule has 1 saturated carbocycles. The highest BCUT2D eigenvalue weighted by atomic mass is 32.1. The van der Waals surface area contributed by atoms with Crippen molar-refractivity contribution in [1.29, 1.82) is 0 Å². The molecule has 0 atom stereocenters. The Kier molecular flexibility index (Phi) is 2.81. The fourth-order valence-corrected chi connectivity index (χ4v) is 3.46. The number of H-pyrrole nitrogens is 1. The fraction of sp³-hybridized carbons (Fsp3) is 0.533. The van der Waals surface area contributed by atoms with E-state index in [1.165, 1.54) is 36.8 Å². The first kappa shape index (κ1) is 12.0. The van der Waals surface area contributed by atoms with Crippen LogP contribution >= 0.6 is 12.2 Å². The molecule has 18 heavy (non-hydrogen) atoms. The summed E-state index contributed by atoms with van der Waals surface area (Å²) < 4.78 is 3.16. The molecule has 1 N–H and O–H groups in total. The summed E-state index contributed by atoms with van der Waals surface area (Å²) in [6.07, 6.45) is 5.39. The van der Waals surface area contributed by atoms with E-state index in [0.29, 0.717) is 5.41 Å². The summed E-state index contributed by atoms with van der Waals surface area (Å²) in [5.74, 6) is 0. The van der Waals surface area contributed by atoms with Gasteiger partial charge in [-0.2, -0.15) is 0 Å². The Morgan fingerprint density at radius 3 is 2.78 bits per heavy atom. The first-order chi connectivity index (χ1) is 8.57. The lowest BCUT2D eigenvalue weighted by molar-refractivity contribution is 0.284. The number of fused-ring (bicyclic) bond motifs is 1. The molecule has 1 aliphatic carbocycles. The zero-order chi connectivity index (χ0) is 12.8. The molecule has 1 heterocycles. The Balaban J connectivity index is 2.08. The quantitative estimate of drug-likeness (QED) is 0.783. The average Bonchev–Trinajstić information content (AvgIpc) is 2.86. The van der Waals surface area contributed by atoms with Crippen molar-refractivity contribution in [3.05, 3.63) is 28.5 Å². The number of benzene rings is 1. The van der Waals surface area contributed by atoms with E-state index in [-0.39, 0.29) is 0 Å². The number of aromatic amines is 1. The van der Waals surface area contributed by atoms with Crippen molar-refractivity contribution in [1.82, 2.24) is 9.55 Å². The smallest absolute Gasteiger partial charge is 0.178 e. The van der Waals surface area contributed by atoms with Crippen LogP contribution < -0.4 is 0 Å². The van der Waals surface area contributed by atoms with Crippen LogP contribution in [0.1, 0.15) is 38.2 Å². The van der Waals surface area contributed by atoms with Gasteiger partial charge in [0.15, 0.2) is 4.77 Å². The summed E-state index contributed by atoms with van der Waals surface area (Å²) in [4.78, 5) is 3.32. The van der Waals surface area contributed by atoms with E-state index in [4.69, 9.17) is 12.2 Å². The molecule has 2 aromatic rings. The average molecular weight is 260 g/mol. The zero-order valence-electron chi connectivity index (χ0n) is 11.1. The first-order valence-electron chi connectivity index (χ1n) is 6.77. The SMILES string of the molecule is Cc1ccc2[nH]c(=S)n(CC3(C)CCCC3)c2c1. The van der Waals surface area contributed by atoms with Gasteiger partial charge in [0.05, 0.1) is 11.0 Å². The molecule has 3 heteroatoms. The van der Waals surface area contributed by atoms with E-state index in [9.17, 15) is 0 Å². The summed E-state index contributed by atoms with van der Waals surface area (Å²) in [7, 11) is 0. The second-order valence-electron chi connectivity index (χ2n) is 6.05. The molecule has 0 unspecified atom stereocenters. The fourth-order valence-electron chi connectivity index (χ4n) is 3.19. The van der Waals surface area contributed by atoms with Crippen LogP contribution in [0.15, 0.2) is 18.2 Å². The van der Waals surface area contributed by atoms with E-state index >= 15 is 0 Å². The van der Waals surface area contributed by atoms with E-state index < -0.39 is 0 Å². The molecule has 0 radical (unpaired) electrons. The largest absolute Gasteiger partial charge is 0.331 e. The highest BCUT2D eigenvalue weighted by Crippen LogP contribution is 2.39. The number of nitrogens with zero attached hydrogens (tertiary/aromatic N) is 1. The summed E-state index contributed by atoms with van der Waals surface area (Å²) >= 11 is 5.49. The molecular weight excluding hydrogens is 240 g/mol. The lowest BCUT2D eigenvalue weighted by atomic mass is 9.89. The Morgan fingerprint density at radius 1 is 1.33 bits per heavy atom. The molecule has 2 nitrogen and oxygen atoms in total. The van der Waals surface area contributed by atoms with Gasteiger partial charge in [0.25, 0.3) is 0 Å². The van der Waals surface area contributed by atoms with Gasteiger partial charge in [-0.25, -0.2) is 0 Å². The lowest BCUT2D eigenvalue weighted by Gasteiger charge is -2.24. The monoisotopic (exact) mass is 260 g/mol. The third-order valence-corrected chi connectivity index (χ3v) is 4.60. The molecule has 96 valence electrons. The molecule has 0 bridgehead atoms. The van der Waals surface area contributed by atoms with Crippen molar-refractivity contribution in [3.8, 4) is 0 Å². The van der Waals surface area contributed by atoms with Crippen molar-refractivity contribution < 1.29 is 0 Å². The summed E-state index contributed by atoms with van der Waals surface area (Å²) in [5.41, 5.74) is 4.14. The normalized spacial score (nSPS) is 18.6. The molecule has 1 aromatic heterocycles. The molecule has 0 spiro atoms. The van der Waals surface area contributed by atoms with E-state index in [2.05, 4.69) is 41.6 Å². The van der Waals surface area contributed by atoms with Crippen LogP contribution in [-0.4, -0.2) is 9.55 Å². The minimum Gasteiger partial charge on any atom is -0.331 e. The third-order valence-electron chi connectivity index (χ3n) is 4.28. The number of hydrogen-bond acceptors (Lipinski definition) is 1. The van der Waals surface area contributed by atoms with Crippen LogP contribution in [0.5, 0.6) is 0 Å². The van der Waals surface area contributed by atoms with Crippen molar-refractivity contribution in [2.45, 2.75) is 46.1 Å². The topological polar surface area (TPSA) is 20.7 Å². The van der Waals surface area contributed by atoms with Gasteiger partial charge in [0.1, 0.15) is 0 Å². The molecule has 1 aromatic carbocycles. The van der Waals surface area contributed by atoms with Crippen molar-refractivity contribution >= 4 is 23.3 Å². The van der Waals surface area contributed by atoms with Gasteiger partial charge in [-0.05, 0) is 55.1 Å². The van der Waals surface area contributed by atoms with Gasteiger partial charge in [-0.15, -0.1) is 0 Å². The molecule has 1 aliphatic rings. The van der Waals surface area contributed by atoms with E-state index in [1.807, 2.05) is 0 Å². The Morgan fingerprint density at radius 2 is 2.06 bits per heavy atom. The molecule has 1 fully saturated rings. The number of hydrogen-bond donors (Lipinski definition) is 1. The molecule has 0 amide bonds. The van der Waals surface area contributed by atoms with Crippen molar-refractivity contribution in [2.75, 3.05) is 0 Å². The third kappa shape index (κ3) is 2.01. The summed E-state index contributed by atoms with van der Waals surface area (Å²) in [6, 6.07) is 6.50. The molecular formula is C15H20N2S. The molecule has 0 aliphatic heterocycles. The van der Waals surface area contributed by atoms with Crippen LogP contribution in [0.4, 0.5) is 0 Å². The van der Waals surface area contributed by atoms with Crippen LogP contribution in [0, 0.1) is 17.1 Å². The Bertz CT molecular complexity index is 629. The van der Waals surface area contributed by atoms with Crippen LogP contribution in [0.2, 0.25) is 0 Å². The predicted molar refractivity (Wildman–Crippen MR) is 78.4 cm³/mol. The Labute approximate surface area is 113 Å². The lowest BCUT2D eigenvalue weighted by Crippen LogP contribution is -2.19. The van der Waals surface area contributed by atoms with Crippen molar-refractivity contribution in [3.63, 3.8) is 0 Å². The van der Waals surface area contributed by atoms with Crippen LogP contribution in [0.25, 0.3) is 11.0 Å². The maximum absolute atomic E-state index is 5.49. The Hall–Kier alpha value is -1.09. The number of aryl methyl sites for hydroxylation is 1. The van der Waals surface area contributed by atoms with E-state index in [0.717, 1.165) is 16.8 Å². The number of aromatic nitrogens is 2. The second-order valence-corrected chi connectivity index (χ2v) is 6.44. The highest BCUT2D eigenvalue weighted by Gasteiger charge is 2.29. The van der Waals surface area contributed by atoms with Gasteiger partial charge in [-0.3, -0.25) is 0 Å². The molecule has 3 rings (SSSR count). The van der Waals surface area contributed by atoms with Crippen LogP contribution in [-0.2, 0) is 6.54 Å². The number of nitrogens with one attached hydrogen (secondary N) is 1.